The fourth-order valence-electron chi connectivity index (χ4n) is 2.57. The van der Waals surface area contributed by atoms with Crippen molar-refractivity contribution in [3.05, 3.63) is 65.7 Å². The second-order valence-corrected chi connectivity index (χ2v) is 6.26. The molecule has 0 aliphatic carbocycles. The molecule has 0 bridgehead atoms. The SMILES string of the molecule is NC(C(=O)NC1CCSc2ccccc21)c1ccccc1. The molecular formula is C17H18N2OS. The van der Waals surface area contributed by atoms with Gasteiger partial charge in [0.05, 0.1) is 6.04 Å². The molecule has 2 aromatic rings. The van der Waals surface area contributed by atoms with Crippen molar-refractivity contribution in [3.8, 4) is 0 Å². The number of amides is 1. The van der Waals surface area contributed by atoms with Crippen LogP contribution in [-0.4, -0.2) is 11.7 Å². The van der Waals surface area contributed by atoms with Crippen molar-refractivity contribution in [2.24, 2.45) is 5.73 Å². The third-order valence-electron chi connectivity index (χ3n) is 3.72. The monoisotopic (exact) mass is 298 g/mol. The number of nitrogens with two attached hydrogens (primary N) is 1. The molecule has 1 aliphatic rings. The summed E-state index contributed by atoms with van der Waals surface area (Å²) < 4.78 is 0. The first kappa shape index (κ1) is 14.2. The summed E-state index contributed by atoms with van der Waals surface area (Å²) in [5.41, 5.74) is 8.10. The molecule has 0 spiro atoms. The lowest BCUT2D eigenvalue weighted by molar-refractivity contribution is -0.123. The maximum Gasteiger partial charge on any atom is 0.241 e. The highest BCUT2D eigenvalue weighted by Crippen LogP contribution is 2.35. The average molecular weight is 298 g/mol. The van der Waals surface area contributed by atoms with Crippen LogP contribution in [0.1, 0.15) is 29.6 Å². The number of benzene rings is 2. The van der Waals surface area contributed by atoms with Crippen LogP contribution in [0, 0.1) is 0 Å². The zero-order valence-electron chi connectivity index (χ0n) is 11.7. The Morgan fingerprint density at radius 2 is 1.86 bits per heavy atom. The van der Waals surface area contributed by atoms with E-state index in [0.29, 0.717) is 0 Å². The number of fused-ring (bicyclic) bond motifs is 1. The van der Waals surface area contributed by atoms with E-state index in [1.54, 1.807) is 0 Å². The highest BCUT2D eigenvalue weighted by atomic mass is 32.2. The van der Waals surface area contributed by atoms with Gasteiger partial charge in [0.25, 0.3) is 0 Å². The van der Waals surface area contributed by atoms with Gasteiger partial charge in [-0.3, -0.25) is 4.79 Å². The van der Waals surface area contributed by atoms with E-state index in [-0.39, 0.29) is 11.9 Å². The summed E-state index contributed by atoms with van der Waals surface area (Å²) in [5, 5.41) is 3.10. The van der Waals surface area contributed by atoms with Crippen LogP contribution in [-0.2, 0) is 4.79 Å². The molecule has 0 aromatic heterocycles. The summed E-state index contributed by atoms with van der Waals surface area (Å²) in [6.07, 6.45) is 0.939. The normalized spacial score (nSPS) is 18.6. The number of hydrogen-bond acceptors (Lipinski definition) is 3. The lowest BCUT2D eigenvalue weighted by Crippen LogP contribution is -2.37. The van der Waals surface area contributed by atoms with E-state index < -0.39 is 6.04 Å². The molecule has 3 N–H and O–H groups in total. The Labute approximate surface area is 128 Å². The highest BCUT2D eigenvalue weighted by Gasteiger charge is 2.24. The minimum atomic E-state index is -0.618. The van der Waals surface area contributed by atoms with E-state index in [9.17, 15) is 4.79 Å². The lowest BCUT2D eigenvalue weighted by Gasteiger charge is -2.27. The molecule has 0 fully saturated rings. The molecule has 0 radical (unpaired) electrons. The Bertz CT molecular complexity index is 630. The van der Waals surface area contributed by atoms with Gasteiger partial charge < -0.3 is 11.1 Å². The summed E-state index contributed by atoms with van der Waals surface area (Å²) in [6.45, 7) is 0. The van der Waals surface area contributed by atoms with Crippen LogP contribution in [0.3, 0.4) is 0 Å². The molecule has 2 unspecified atom stereocenters. The van der Waals surface area contributed by atoms with Gasteiger partial charge >= 0.3 is 0 Å². The number of thioether (sulfide) groups is 1. The van der Waals surface area contributed by atoms with Crippen molar-refractivity contribution in [1.29, 1.82) is 0 Å². The van der Waals surface area contributed by atoms with Crippen LogP contribution in [0.5, 0.6) is 0 Å². The van der Waals surface area contributed by atoms with Crippen LogP contribution in [0.25, 0.3) is 0 Å². The van der Waals surface area contributed by atoms with Crippen molar-refractivity contribution in [2.45, 2.75) is 23.4 Å². The topological polar surface area (TPSA) is 55.1 Å². The van der Waals surface area contributed by atoms with E-state index >= 15 is 0 Å². The molecule has 2 aromatic carbocycles. The minimum Gasteiger partial charge on any atom is -0.348 e. The van der Waals surface area contributed by atoms with Gasteiger partial charge in [-0.1, -0.05) is 48.5 Å². The molecule has 4 heteroatoms. The van der Waals surface area contributed by atoms with Gasteiger partial charge in [-0.2, -0.15) is 0 Å². The molecule has 21 heavy (non-hydrogen) atoms. The van der Waals surface area contributed by atoms with Crippen LogP contribution >= 0.6 is 11.8 Å². The van der Waals surface area contributed by atoms with E-state index in [1.807, 2.05) is 54.2 Å². The van der Waals surface area contributed by atoms with Crippen molar-refractivity contribution < 1.29 is 4.79 Å². The predicted molar refractivity (Wildman–Crippen MR) is 86.0 cm³/mol. The van der Waals surface area contributed by atoms with E-state index in [0.717, 1.165) is 17.7 Å². The minimum absolute atomic E-state index is 0.0599. The van der Waals surface area contributed by atoms with Crippen LogP contribution in [0.15, 0.2) is 59.5 Å². The maximum atomic E-state index is 12.4. The third kappa shape index (κ3) is 3.12. The molecule has 0 saturated heterocycles. The Morgan fingerprint density at radius 3 is 2.67 bits per heavy atom. The first-order valence-corrected chi connectivity index (χ1v) is 8.07. The lowest BCUT2D eigenvalue weighted by atomic mass is 10.0. The summed E-state index contributed by atoms with van der Waals surface area (Å²) in [4.78, 5) is 13.6. The fourth-order valence-corrected chi connectivity index (χ4v) is 3.69. The maximum absolute atomic E-state index is 12.4. The Kier molecular flexibility index (Phi) is 4.27. The molecule has 0 saturated carbocycles. The van der Waals surface area contributed by atoms with E-state index in [2.05, 4.69) is 17.4 Å². The first-order valence-electron chi connectivity index (χ1n) is 7.08. The van der Waals surface area contributed by atoms with Crippen LogP contribution < -0.4 is 11.1 Å². The number of nitrogens with one attached hydrogen (secondary N) is 1. The third-order valence-corrected chi connectivity index (χ3v) is 4.84. The van der Waals surface area contributed by atoms with Crippen molar-refractivity contribution in [2.75, 3.05) is 5.75 Å². The number of carbonyl (C=O) groups is 1. The predicted octanol–water partition coefficient (Wildman–Crippen LogP) is 3.04. The quantitative estimate of drug-likeness (QED) is 0.915. The van der Waals surface area contributed by atoms with Gasteiger partial charge in [-0.25, -0.2) is 0 Å². The van der Waals surface area contributed by atoms with Gasteiger partial charge in [-0.05, 0) is 23.6 Å². The fraction of sp³-hybridized carbons (Fsp3) is 0.235. The van der Waals surface area contributed by atoms with E-state index in [4.69, 9.17) is 5.73 Å². The average Bonchev–Trinajstić information content (AvgIpc) is 2.55. The highest BCUT2D eigenvalue weighted by molar-refractivity contribution is 7.99. The first-order chi connectivity index (χ1) is 10.3. The zero-order chi connectivity index (χ0) is 14.7. The van der Waals surface area contributed by atoms with Gasteiger partial charge in [0.1, 0.15) is 6.04 Å². The summed E-state index contributed by atoms with van der Waals surface area (Å²) >= 11 is 1.84. The number of rotatable bonds is 3. The van der Waals surface area contributed by atoms with E-state index in [1.165, 1.54) is 10.5 Å². The molecule has 108 valence electrons. The molecule has 3 rings (SSSR count). The van der Waals surface area contributed by atoms with Gasteiger partial charge in [0.15, 0.2) is 0 Å². The number of carbonyl (C=O) groups excluding carboxylic acids is 1. The largest absolute Gasteiger partial charge is 0.348 e. The Morgan fingerprint density at radius 1 is 1.14 bits per heavy atom. The Balaban J connectivity index is 1.74. The second-order valence-electron chi connectivity index (χ2n) is 5.12. The van der Waals surface area contributed by atoms with Crippen molar-refractivity contribution in [3.63, 3.8) is 0 Å². The zero-order valence-corrected chi connectivity index (χ0v) is 12.5. The summed E-state index contributed by atoms with van der Waals surface area (Å²) in [5.74, 6) is 0.899. The molecule has 3 nitrogen and oxygen atoms in total. The Hall–Kier alpha value is -1.78. The van der Waals surface area contributed by atoms with Gasteiger partial charge in [-0.15, -0.1) is 11.8 Å². The van der Waals surface area contributed by atoms with Crippen LogP contribution in [0.4, 0.5) is 0 Å². The summed E-state index contributed by atoms with van der Waals surface area (Å²) in [6, 6.07) is 17.2. The van der Waals surface area contributed by atoms with Crippen molar-refractivity contribution in [1.82, 2.24) is 5.32 Å². The van der Waals surface area contributed by atoms with Gasteiger partial charge in [0, 0.05) is 10.6 Å². The molecular weight excluding hydrogens is 280 g/mol. The molecule has 1 heterocycles. The standard InChI is InChI=1S/C17H18N2OS/c18-16(12-6-2-1-3-7-12)17(20)19-14-10-11-21-15-9-5-4-8-13(14)15/h1-9,14,16H,10-11,18H2,(H,19,20). The summed E-state index contributed by atoms with van der Waals surface area (Å²) in [7, 11) is 0. The number of hydrogen-bond donors (Lipinski definition) is 2. The van der Waals surface area contributed by atoms with Crippen molar-refractivity contribution >= 4 is 17.7 Å². The molecule has 1 aliphatic heterocycles. The molecule has 2 atom stereocenters. The van der Waals surface area contributed by atoms with Crippen LogP contribution in [0.2, 0.25) is 0 Å². The molecule has 1 amide bonds. The van der Waals surface area contributed by atoms with Gasteiger partial charge in [0.2, 0.25) is 5.91 Å². The second kappa shape index (κ2) is 6.33. The smallest absolute Gasteiger partial charge is 0.241 e.